The van der Waals surface area contributed by atoms with Crippen LogP contribution in [0.4, 0.5) is 0 Å². The summed E-state index contributed by atoms with van der Waals surface area (Å²) < 4.78 is 97.3. The predicted octanol–water partition coefficient (Wildman–Crippen LogP) is 13.5. The minimum Gasteiger partial charge on any atom is -0.454 e. The molecule has 24 nitrogen and oxygen atoms in total. The molecule has 8 N–H and O–H groups in total. The molecular formula is C65H124NO23P3. The van der Waals surface area contributed by atoms with E-state index >= 15 is 0 Å². The highest BCUT2D eigenvalue weighted by molar-refractivity contribution is 7.46. The van der Waals surface area contributed by atoms with Gasteiger partial charge >= 0.3 is 29.4 Å². The molecule has 0 aromatic carbocycles. The lowest BCUT2D eigenvalue weighted by Crippen LogP contribution is -2.66. The van der Waals surface area contributed by atoms with Crippen LogP contribution in [0.2, 0.25) is 0 Å². The molecule has 27 heteroatoms. The van der Waals surface area contributed by atoms with Crippen molar-refractivity contribution in [2.45, 2.75) is 352 Å². The predicted molar refractivity (Wildman–Crippen MR) is 351 cm³/mol. The second-order valence-electron chi connectivity index (χ2n) is 25.0. The minimum absolute atomic E-state index is 0.0775. The number of aliphatic hydroxyl groups excluding tert-OH is 1. The zero-order valence-electron chi connectivity index (χ0n) is 56.6. The van der Waals surface area contributed by atoms with Gasteiger partial charge in [0.15, 0.2) is 18.7 Å². The van der Waals surface area contributed by atoms with Crippen molar-refractivity contribution in [2.24, 2.45) is 0 Å². The number of amides is 1. The van der Waals surface area contributed by atoms with Gasteiger partial charge in [-0.3, -0.25) is 28.0 Å². The van der Waals surface area contributed by atoms with Gasteiger partial charge in [-0.05, 0) is 57.8 Å². The van der Waals surface area contributed by atoms with E-state index in [1.807, 2.05) is 0 Å². The average molecular weight is 1380 g/mol. The maximum atomic E-state index is 14.0. The average Bonchev–Trinajstić information content (AvgIpc) is 0.824. The summed E-state index contributed by atoms with van der Waals surface area (Å²) in [6.07, 6.45) is 22.2. The Balaban J connectivity index is 2.56. The summed E-state index contributed by atoms with van der Waals surface area (Å²) in [5.41, 5.74) is 0. The highest BCUT2D eigenvalue weighted by Crippen LogP contribution is 2.47. The molecular weight excluding hydrogens is 1260 g/mol. The third-order valence-corrected chi connectivity index (χ3v) is 18.3. The number of carbonyl (C=O) groups excluding carboxylic acids is 3. The maximum Gasteiger partial charge on any atom is 0.472 e. The van der Waals surface area contributed by atoms with Gasteiger partial charge in [-0.25, -0.2) is 13.7 Å². The molecule has 1 amide bonds. The lowest BCUT2D eigenvalue weighted by atomic mass is 9.96. The molecule has 0 aliphatic carbocycles. The number of hydrogen-bond donors (Lipinski definition) is 8. The Hall–Kier alpha value is -1.60. The lowest BCUT2D eigenvalue weighted by Gasteiger charge is -2.47. The number of phosphoric acid groups is 3. The number of hydrogen-bond acceptors (Lipinski definition) is 17. The Kier molecular flexibility index (Phi) is 49.3. The molecule has 0 spiro atoms. The van der Waals surface area contributed by atoms with E-state index in [1.54, 1.807) is 7.11 Å². The fourth-order valence-electron chi connectivity index (χ4n) is 11.7. The van der Waals surface area contributed by atoms with Gasteiger partial charge in [-0.1, -0.05) is 220 Å². The van der Waals surface area contributed by atoms with Crippen molar-refractivity contribution >= 4 is 41.1 Å². The highest BCUT2D eigenvalue weighted by Gasteiger charge is 2.55. The van der Waals surface area contributed by atoms with Crippen LogP contribution in [-0.2, 0) is 74.8 Å². The van der Waals surface area contributed by atoms with Gasteiger partial charge < -0.3 is 72.9 Å². The van der Waals surface area contributed by atoms with E-state index in [0.29, 0.717) is 38.5 Å². The van der Waals surface area contributed by atoms with Crippen LogP contribution in [0.1, 0.15) is 285 Å². The second-order valence-corrected chi connectivity index (χ2v) is 28.6. The molecule has 2 saturated heterocycles. The van der Waals surface area contributed by atoms with Crippen LogP contribution in [0.15, 0.2) is 12.2 Å². The SMILES string of the molecule is CCCCCC/C=C\CCCCCCCCCC(=O)O[C@H]1[C@H](OC[C@H]2O[C@H](OP(=O)(O)O)[C@@H](NC(=O)CC(=O)CCCCCCCCCCC)[C@@H](OCCCCCCCCCC)[C@@H]2OP(=O)(O)O)O[C@H](CO)[C@@H](OP(=O)(O)O)[C@@H]1OCC[C@H](CCCCCCC)OC. The van der Waals surface area contributed by atoms with Crippen LogP contribution >= 0.6 is 23.5 Å². The highest BCUT2D eigenvalue weighted by atomic mass is 31.2. The molecule has 2 aliphatic heterocycles. The van der Waals surface area contributed by atoms with E-state index in [9.17, 15) is 62.5 Å². The Bertz CT molecular complexity index is 2060. The Morgan fingerprint density at radius 3 is 1.40 bits per heavy atom. The molecule has 0 bridgehead atoms. The Labute approximate surface area is 551 Å². The van der Waals surface area contributed by atoms with Crippen LogP contribution in [0, 0.1) is 0 Å². The van der Waals surface area contributed by atoms with E-state index in [1.165, 1.54) is 38.5 Å². The summed E-state index contributed by atoms with van der Waals surface area (Å²) in [7, 11) is -15.0. The van der Waals surface area contributed by atoms with Crippen molar-refractivity contribution < 1.29 is 109 Å². The van der Waals surface area contributed by atoms with Crippen molar-refractivity contribution in [3.63, 3.8) is 0 Å². The topological polar surface area (TPSA) is 348 Å². The number of aliphatic hydroxyl groups is 1. The van der Waals surface area contributed by atoms with E-state index in [2.05, 4.69) is 45.2 Å². The normalized spacial score (nSPS) is 22.7. The molecule has 2 heterocycles. The fourth-order valence-corrected chi connectivity index (χ4v) is 13.3. The number of nitrogens with one attached hydrogen (secondary N) is 1. The van der Waals surface area contributed by atoms with Gasteiger partial charge in [0, 0.05) is 33.2 Å². The quantitative estimate of drug-likeness (QED) is 0.00922. The number of Topliss-reactive ketones (excluding diaryl/α,β-unsaturated/α-hetero) is 1. The molecule has 542 valence electrons. The van der Waals surface area contributed by atoms with Crippen molar-refractivity contribution in [3.05, 3.63) is 12.2 Å². The summed E-state index contributed by atoms with van der Waals surface area (Å²) in [6, 6.07) is -1.79. The van der Waals surface area contributed by atoms with Gasteiger partial charge in [0.25, 0.3) is 0 Å². The number of rotatable bonds is 60. The third kappa shape index (κ3) is 42.3. The first kappa shape index (κ1) is 86.5. The molecule has 0 radical (unpaired) electrons. The van der Waals surface area contributed by atoms with Crippen LogP contribution < -0.4 is 5.32 Å². The number of ether oxygens (including phenoxy) is 7. The largest absolute Gasteiger partial charge is 0.472 e. The van der Waals surface area contributed by atoms with E-state index in [0.717, 1.165) is 154 Å². The maximum absolute atomic E-state index is 14.0. The lowest BCUT2D eigenvalue weighted by molar-refractivity contribution is -0.322. The smallest absolute Gasteiger partial charge is 0.454 e. The number of phosphoric ester groups is 3. The summed E-state index contributed by atoms with van der Waals surface area (Å²) in [6.45, 7) is 6.46. The first-order valence-corrected chi connectivity index (χ1v) is 39.9. The van der Waals surface area contributed by atoms with Crippen LogP contribution in [0.5, 0.6) is 0 Å². The summed E-state index contributed by atoms with van der Waals surface area (Å²) in [5, 5.41) is 13.3. The second kappa shape index (κ2) is 52.5. The van der Waals surface area contributed by atoms with E-state index in [4.69, 9.17) is 46.7 Å². The molecule has 2 rings (SSSR count). The van der Waals surface area contributed by atoms with Crippen molar-refractivity contribution in [2.75, 3.05) is 33.5 Å². The number of allylic oxidation sites excluding steroid dienone is 2. The fraction of sp³-hybridized carbons (Fsp3) is 0.923. The molecule has 0 aromatic heterocycles. The number of unbranched alkanes of at least 4 members (excludes halogenated alkanes) is 30. The Morgan fingerprint density at radius 2 is 0.902 bits per heavy atom. The monoisotopic (exact) mass is 1380 g/mol. The summed E-state index contributed by atoms with van der Waals surface area (Å²) in [5.74, 6) is -2.14. The van der Waals surface area contributed by atoms with Crippen molar-refractivity contribution in [1.29, 1.82) is 0 Å². The van der Waals surface area contributed by atoms with Gasteiger partial charge in [0.05, 0.1) is 25.7 Å². The Morgan fingerprint density at radius 1 is 0.467 bits per heavy atom. The standard InChI is InChI=1S/C65H124NO23P3/c1-6-10-14-18-21-24-25-26-27-28-29-31-33-37-41-45-57(70)86-63-62(82-48-46-53(80-5)44-40-35-17-13-9-4)59(87-90(71,72)73)54(50-67)84-65(63)83-51-55-60(88-91(74,75)76)61(81-47-42-38-34-23-20-16-12-8-3)58(64(85-55)89-92(77,78)79)66-56(69)49-52(68)43-39-36-32-30-22-19-15-11-7-2/h24-25,53-55,58-65,67H,6-23,26-51H2,1-5H3,(H,66,69)(H2,71,72,73)(H2,74,75,76)(H2,77,78,79)/b25-24-/t53-,54+,55+,58-,59+,60+,61+,62-,63+,64+,65+/m0/s1. The van der Waals surface area contributed by atoms with E-state index in [-0.39, 0.29) is 38.6 Å². The number of methoxy groups -OCH3 is 1. The molecule has 2 fully saturated rings. The number of esters is 1. The van der Waals surface area contributed by atoms with Crippen LogP contribution in [0.3, 0.4) is 0 Å². The number of ketones is 1. The first-order chi connectivity index (χ1) is 44.1. The van der Waals surface area contributed by atoms with Crippen LogP contribution in [0.25, 0.3) is 0 Å². The van der Waals surface area contributed by atoms with Gasteiger partial charge in [-0.2, -0.15) is 0 Å². The zero-order valence-corrected chi connectivity index (χ0v) is 59.3. The molecule has 0 aromatic rings. The van der Waals surface area contributed by atoms with Gasteiger partial charge in [-0.15, -0.1) is 0 Å². The van der Waals surface area contributed by atoms with Gasteiger partial charge in [0.2, 0.25) is 5.91 Å². The summed E-state index contributed by atoms with van der Waals surface area (Å²) in [4.78, 5) is 103. The molecule has 2 aliphatic rings. The minimum atomic E-state index is -5.59. The molecule has 11 atom stereocenters. The molecule has 0 unspecified atom stereocenters. The zero-order chi connectivity index (χ0) is 67.9. The van der Waals surface area contributed by atoms with Crippen molar-refractivity contribution in [1.82, 2.24) is 5.32 Å². The first-order valence-electron chi connectivity index (χ1n) is 35.3. The van der Waals surface area contributed by atoms with Gasteiger partial charge in [0.1, 0.15) is 48.4 Å². The molecule has 0 saturated carbocycles. The van der Waals surface area contributed by atoms with Crippen molar-refractivity contribution in [3.8, 4) is 0 Å². The summed E-state index contributed by atoms with van der Waals surface area (Å²) >= 11 is 0. The third-order valence-electron chi connectivity index (χ3n) is 16.8. The molecule has 92 heavy (non-hydrogen) atoms. The number of carbonyl (C=O) groups is 3. The van der Waals surface area contributed by atoms with E-state index < -0.39 is 122 Å². The van der Waals surface area contributed by atoms with Crippen LogP contribution in [-0.4, -0.2) is 153 Å².